The molecular weight excluding hydrogens is 167 g/mol. The first-order valence-corrected chi connectivity index (χ1v) is 3.37. The SMILES string of the molecule is [C]#Cc1cc(Cl)cc(Cl)c1. The van der Waals surface area contributed by atoms with Gasteiger partial charge in [0.25, 0.3) is 0 Å². The molecule has 0 fully saturated rings. The highest BCUT2D eigenvalue weighted by Gasteiger charge is 1.93. The topological polar surface area (TPSA) is 0 Å². The van der Waals surface area contributed by atoms with E-state index in [9.17, 15) is 0 Å². The summed E-state index contributed by atoms with van der Waals surface area (Å²) in [5.74, 6) is 2.19. The van der Waals surface area contributed by atoms with Crippen LogP contribution in [-0.4, -0.2) is 0 Å². The van der Waals surface area contributed by atoms with Gasteiger partial charge in [0.15, 0.2) is 0 Å². The molecule has 0 nitrogen and oxygen atoms in total. The van der Waals surface area contributed by atoms with Gasteiger partial charge < -0.3 is 0 Å². The van der Waals surface area contributed by atoms with E-state index >= 15 is 0 Å². The van der Waals surface area contributed by atoms with Crippen molar-refractivity contribution in [1.82, 2.24) is 0 Å². The lowest BCUT2D eigenvalue weighted by atomic mass is 10.2. The van der Waals surface area contributed by atoms with E-state index < -0.39 is 0 Å². The lowest BCUT2D eigenvalue weighted by Gasteiger charge is -1.92. The van der Waals surface area contributed by atoms with Gasteiger partial charge >= 0.3 is 0 Å². The van der Waals surface area contributed by atoms with Gasteiger partial charge in [-0.15, -0.1) is 0 Å². The smallest absolute Gasteiger partial charge is 0.0433 e. The number of hydrogen-bond acceptors (Lipinski definition) is 0. The second kappa shape index (κ2) is 2.96. The molecule has 0 bridgehead atoms. The number of rotatable bonds is 0. The van der Waals surface area contributed by atoms with Crippen LogP contribution in [0, 0.1) is 12.3 Å². The quantitative estimate of drug-likeness (QED) is 0.525. The zero-order chi connectivity index (χ0) is 7.56. The summed E-state index contributed by atoms with van der Waals surface area (Å²) in [5, 5.41) is 1.06. The molecule has 1 aromatic carbocycles. The third kappa shape index (κ3) is 1.67. The summed E-state index contributed by atoms with van der Waals surface area (Å²) in [4.78, 5) is 0. The van der Waals surface area contributed by atoms with E-state index in [-0.39, 0.29) is 0 Å². The van der Waals surface area contributed by atoms with Gasteiger partial charge in [-0.3, -0.25) is 0 Å². The van der Waals surface area contributed by atoms with Gasteiger partial charge in [0, 0.05) is 15.6 Å². The standard InChI is InChI=1S/C8H3Cl2/c1-2-6-3-7(9)5-8(10)4-6/h3-5H. The first kappa shape index (κ1) is 7.47. The second-order valence-corrected chi connectivity index (χ2v) is 2.66. The van der Waals surface area contributed by atoms with Crippen LogP contribution in [0.3, 0.4) is 0 Å². The lowest BCUT2D eigenvalue weighted by Crippen LogP contribution is -1.72. The molecule has 0 heterocycles. The van der Waals surface area contributed by atoms with E-state index in [0.29, 0.717) is 15.6 Å². The van der Waals surface area contributed by atoms with Crippen molar-refractivity contribution in [3.63, 3.8) is 0 Å². The van der Waals surface area contributed by atoms with Crippen LogP contribution in [0.25, 0.3) is 0 Å². The molecule has 0 aliphatic rings. The normalized spacial score (nSPS) is 8.90. The number of hydrogen-bond donors (Lipinski definition) is 0. The Kier molecular flexibility index (Phi) is 2.21. The van der Waals surface area contributed by atoms with Gasteiger partial charge in [-0.2, -0.15) is 0 Å². The van der Waals surface area contributed by atoms with Gasteiger partial charge in [-0.05, 0) is 24.6 Å². The van der Waals surface area contributed by atoms with E-state index in [2.05, 4.69) is 5.92 Å². The fourth-order valence-corrected chi connectivity index (χ4v) is 1.15. The molecule has 0 spiro atoms. The summed E-state index contributed by atoms with van der Waals surface area (Å²) in [7, 11) is 0. The first-order chi connectivity index (χ1) is 4.72. The Labute approximate surface area is 69.8 Å². The Hall–Kier alpha value is -0.640. The summed E-state index contributed by atoms with van der Waals surface area (Å²) in [6.45, 7) is 0. The maximum atomic E-state index is 6.77. The van der Waals surface area contributed by atoms with E-state index in [0.717, 1.165) is 0 Å². The molecular formula is C8H3Cl2. The van der Waals surface area contributed by atoms with Crippen molar-refractivity contribution < 1.29 is 0 Å². The molecule has 2 heteroatoms. The number of benzene rings is 1. The van der Waals surface area contributed by atoms with E-state index in [1.165, 1.54) is 0 Å². The fraction of sp³-hybridized carbons (Fsp3) is 0. The summed E-state index contributed by atoms with van der Waals surface area (Å²) in [6.07, 6.45) is 6.77. The van der Waals surface area contributed by atoms with Gasteiger partial charge in [-0.25, -0.2) is 0 Å². The molecule has 1 radical (unpaired) electrons. The second-order valence-electron chi connectivity index (χ2n) is 1.78. The monoisotopic (exact) mass is 169 g/mol. The molecule has 0 saturated carbocycles. The van der Waals surface area contributed by atoms with Crippen LogP contribution in [-0.2, 0) is 0 Å². The van der Waals surface area contributed by atoms with Crippen LogP contribution < -0.4 is 0 Å². The molecule has 0 saturated heterocycles. The molecule has 0 N–H and O–H groups in total. The summed E-state index contributed by atoms with van der Waals surface area (Å²) in [6, 6.07) is 4.87. The Morgan fingerprint density at radius 1 is 1.10 bits per heavy atom. The molecule has 10 heavy (non-hydrogen) atoms. The maximum absolute atomic E-state index is 6.77. The maximum Gasteiger partial charge on any atom is 0.0433 e. The van der Waals surface area contributed by atoms with Crippen LogP contribution in [0.15, 0.2) is 18.2 Å². The van der Waals surface area contributed by atoms with E-state index in [1.54, 1.807) is 18.2 Å². The number of halogens is 2. The third-order valence-electron chi connectivity index (χ3n) is 1.01. The summed E-state index contributed by atoms with van der Waals surface area (Å²) < 4.78 is 0. The predicted molar refractivity (Wildman–Crippen MR) is 42.7 cm³/mol. The highest BCUT2D eigenvalue weighted by Crippen LogP contribution is 2.17. The summed E-state index contributed by atoms with van der Waals surface area (Å²) >= 11 is 11.2. The van der Waals surface area contributed by atoms with E-state index in [1.807, 2.05) is 0 Å². The zero-order valence-electron chi connectivity index (χ0n) is 4.99. The average molecular weight is 170 g/mol. The molecule has 0 aliphatic heterocycles. The Bertz CT molecular complexity index is 264. The van der Waals surface area contributed by atoms with Crippen molar-refractivity contribution in [2.75, 3.05) is 0 Å². The van der Waals surface area contributed by atoms with Crippen LogP contribution in [0.5, 0.6) is 0 Å². The van der Waals surface area contributed by atoms with Gasteiger partial charge in [0.2, 0.25) is 0 Å². The minimum Gasteiger partial charge on any atom is -0.0842 e. The van der Waals surface area contributed by atoms with Crippen molar-refractivity contribution >= 4 is 23.2 Å². The highest BCUT2D eigenvalue weighted by atomic mass is 35.5. The Morgan fingerprint density at radius 3 is 2.00 bits per heavy atom. The molecule has 0 aliphatic carbocycles. The minimum atomic E-state index is 0.530. The Balaban J connectivity index is 3.22. The van der Waals surface area contributed by atoms with Crippen LogP contribution >= 0.6 is 23.2 Å². The highest BCUT2D eigenvalue weighted by molar-refractivity contribution is 6.34. The molecule has 1 rings (SSSR count). The lowest BCUT2D eigenvalue weighted by molar-refractivity contribution is 1.64. The van der Waals surface area contributed by atoms with Crippen molar-refractivity contribution in [3.05, 3.63) is 40.2 Å². The molecule has 1 aromatic rings. The van der Waals surface area contributed by atoms with Gasteiger partial charge in [-0.1, -0.05) is 29.1 Å². The van der Waals surface area contributed by atoms with Crippen molar-refractivity contribution in [1.29, 1.82) is 0 Å². The van der Waals surface area contributed by atoms with E-state index in [4.69, 9.17) is 29.6 Å². The molecule has 0 amide bonds. The minimum absolute atomic E-state index is 0.530. The largest absolute Gasteiger partial charge is 0.0842 e. The van der Waals surface area contributed by atoms with Crippen LogP contribution in [0.1, 0.15) is 5.56 Å². The molecule has 0 unspecified atom stereocenters. The van der Waals surface area contributed by atoms with Crippen molar-refractivity contribution in [2.24, 2.45) is 0 Å². The molecule has 49 valence electrons. The van der Waals surface area contributed by atoms with Gasteiger partial charge in [0.05, 0.1) is 0 Å². The Morgan fingerprint density at radius 2 is 1.60 bits per heavy atom. The van der Waals surface area contributed by atoms with Crippen LogP contribution in [0.2, 0.25) is 10.0 Å². The molecule has 0 atom stereocenters. The fourth-order valence-electron chi connectivity index (χ4n) is 0.626. The average Bonchev–Trinajstić information content (AvgIpc) is 1.85. The van der Waals surface area contributed by atoms with Crippen LogP contribution in [0.4, 0.5) is 0 Å². The van der Waals surface area contributed by atoms with Crippen molar-refractivity contribution in [2.45, 2.75) is 0 Å². The first-order valence-electron chi connectivity index (χ1n) is 2.61. The predicted octanol–water partition coefficient (Wildman–Crippen LogP) is 2.93. The summed E-state index contributed by atoms with van der Waals surface area (Å²) in [5.41, 5.74) is 0.595. The van der Waals surface area contributed by atoms with Crippen molar-refractivity contribution in [3.8, 4) is 5.92 Å². The zero-order valence-corrected chi connectivity index (χ0v) is 6.50. The molecule has 0 aromatic heterocycles. The van der Waals surface area contributed by atoms with Gasteiger partial charge in [0.1, 0.15) is 0 Å². The third-order valence-corrected chi connectivity index (χ3v) is 1.44.